The highest BCUT2D eigenvalue weighted by molar-refractivity contribution is 5.49. The Morgan fingerprint density at radius 1 is 1.13 bits per heavy atom. The zero-order chi connectivity index (χ0) is 17.2. The van der Waals surface area contributed by atoms with E-state index in [1.54, 1.807) is 6.92 Å². The molecule has 3 N–H and O–H groups in total. The maximum atomic E-state index is 12.8. The van der Waals surface area contributed by atoms with E-state index in [1.165, 1.54) is 6.92 Å². The van der Waals surface area contributed by atoms with Gasteiger partial charge in [0.2, 0.25) is 5.95 Å². The van der Waals surface area contributed by atoms with Gasteiger partial charge in [0.1, 0.15) is 17.3 Å². The molecule has 0 fully saturated rings. The number of hydrogen-bond donors (Lipinski definition) is 2. The Balaban J connectivity index is 2.27. The third-order valence-corrected chi connectivity index (χ3v) is 3.19. The van der Waals surface area contributed by atoms with Gasteiger partial charge >= 0.3 is 6.18 Å². The van der Waals surface area contributed by atoms with Crippen LogP contribution in [0.4, 0.5) is 24.9 Å². The molecule has 2 aromatic heterocycles. The summed E-state index contributed by atoms with van der Waals surface area (Å²) >= 11 is 0. The molecule has 0 bridgehead atoms. The summed E-state index contributed by atoms with van der Waals surface area (Å²) in [4.78, 5) is 15.7. The van der Waals surface area contributed by atoms with Gasteiger partial charge in [-0.3, -0.25) is 0 Å². The minimum Gasteiger partial charge on any atom is -0.368 e. The number of nitrogens with two attached hydrogens (primary N) is 1. The first-order valence-electron chi connectivity index (χ1n) is 6.99. The summed E-state index contributed by atoms with van der Waals surface area (Å²) in [7, 11) is 0. The maximum Gasteiger partial charge on any atom is 0.433 e. The molecule has 0 saturated carbocycles. The molecule has 124 valence electrons. The molecule has 2 rings (SSSR count). The van der Waals surface area contributed by atoms with Crippen LogP contribution < -0.4 is 11.1 Å². The standard InChI is InChI=1S/C14H17F3N6/c1-4-9-8(3)21-13(18)23-12(9)19-6-11-20-7(2)5-10(22-11)14(15,16)17/h5H,4,6H2,1-3H3,(H3,18,19,21,23). The van der Waals surface area contributed by atoms with Crippen LogP contribution in [0, 0.1) is 13.8 Å². The van der Waals surface area contributed by atoms with E-state index in [9.17, 15) is 13.2 Å². The molecule has 0 aromatic carbocycles. The van der Waals surface area contributed by atoms with Gasteiger partial charge in [0.15, 0.2) is 0 Å². The molecule has 0 spiro atoms. The lowest BCUT2D eigenvalue weighted by Crippen LogP contribution is -2.15. The summed E-state index contributed by atoms with van der Waals surface area (Å²) in [5.41, 5.74) is 6.48. The van der Waals surface area contributed by atoms with E-state index >= 15 is 0 Å². The van der Waals surface area contributed by atoms with Gasteiger partial charge in [0.25, 0.3) is 0 Å². The van der Waals surface area contributed by atoms with Gasteiger partial charge in [-0.15, -0.1) is 0 Å². The fraction of sp³-hybridized carbons (Fsp3) is 0.429. The van der Waals surface area contributed by atoms with Crippen molar-refractivity contribution >= 4 is 11.8 Å². The van der Waals surface area contributed by atoms with Crippen LogP contribution in [0.25, 0.3) is 0 Å². The fourth-order valence-corrected chi connectivity index (χ4v) is 2.20. The zero-order valence-corrected chi connectivity index (χ0v) is 13.0. The average molecular weight is 326 g/mol. The van der Waals surface area contributed by atoms with Crippen molar-refractivity contribution in [3.63, 3.8) is 0 Å². The van der Waals surface area contributed by atoms with E-state index in [-0.39, 0.29) is 24.0 Å². The number of rotatable bonds is 4. The fourth-order valence-electron chi connectivity index (χ4n) is 2.20. The van der Waals surface area contributed by atoms with Crippen LogP contribution in [-0.4, -0.2) is 19.9 Å². The van der Waals surface area contributed by atoms with E-state index < -0.39 is 11.9 Å². The highest BCUT2D eigenvalue weighted by atomic mass is 19.4. The molecule has 0 radical (unpaired) electrons. The zero-order valence-electron chi connectivity index (χ0n) is 13.0. The smallest absolute Gasteiger partial charge is 0.368 e. The van der Waals surface area contributed by atoms with Crippen molar-refractivity contribution in [1.29, 1.82) is 0 Å². The number of anilines is 2. The largest absolute Gasteiger partial charge is 0.433 e. The molecule has 2 heterocycles. The van der Waals surface area contributed by atoms with Gasteiger partial charge in [-0.1, -0.05) is 6.92 Å². The first-order chi connectivity index (χ1) is 10.7. The molecule has 0 aliphatic heterocycles. The first-order valence-corrected chi connectivity index (χ1v) is 6.99. The van der Waals surface area contributed by atoms with E-state index in [2.05, 4.69) is 25.3 Å². The van der Waals surface area contributed by atoms with Gasteiger partial charge in [0, 0.05) is 17.0 Å². The topological polar surface area (TPSA) is 89.6 Å². The predicted octanol–water partition coefficient (Wildman–Crippen LogP) is 2.66. The lowest BCUT2D eigenvalue weighted by atomic mass is 10.1. The summed E-state index contributed by atoms with van der Waals surface area (Å²) in [6.45, 7) is 5.23. The summed E-state index contributed by atoms with van der Waals surface area (Å²) in [5, 5.41) is 2.94. The molecule has 9 heteroatoms. The molecule has 0 amide bonds. The number of aryl methyl sites for hydroxylation is 2. The van der Waals surface area contributed by atoms with Crippen LogP contribution in [0.1, 0.15) is 35.4 Å². The molecule has 2 aromatic rings. The summed E-state index contributed by atoms with van der Waals surface area (Å²) in [6.07, 6.45) is -3.84. The summed E-state index contributed by atoms with van der Waals surface area (Å²) in [5.74, 6) is 0.619. The van der Waals surface area contributed by atoms with Crippen LogP contribution in [-0.2, 0) is 19.1 Å². The second kappa shape index (κ2) is 6.35. The third-order valence-electron chi connectivity index (χ3n) is 3.19. The average Bonchev–Trinajstić information content (AvgIpc) is 2.43. The van der Waals surface area contributed by atoms with Crippen molar-refractivity contribution in [1.82, 2.24) is 19.9 Å². The van der Waals surface area contributed by atoms with Crippen molar-refractivity contribution in [2.45, 2.75) is 39.9 Å². The molecule has 0 aliphatic carbocycles. The number of nitrogens with zero attached hydrogens (tertiary/aromatic N) is 4. The van der Waals surface area contributed by atoms with Gasteiger partial charge in [-0.05, 0) is 26.3 Å². The molecular weight excluding hydrogens is 309 g/mol. The van der Waals surface area contributed by atoms with Crippen molar-refractivity contribution in [2.24, 2.45) is 0 Å². The highest BCUT2D eigenvalue weighted by Gasteiger charge is 2.33. The number of alkyl halides is 3. The van der Waals surface area contributed by atoms with Gasteiger partial charge < -0.3 is 11.1 Å². The number of nitrogens with one attached hydrogen (secondary N) is 1. The number of hydrogen-bond acceptors (Lipinski definition) is 6. The summed E-state index contributed by atoms with van der Waals surface area (Å²) < 4.78 is 38.4. The van der Waals surface area contributed by atoms with Crippen LogP contribution >= 0.6 is 0 Å². The maximum absolute atomic E-state index is 12.8. The van der Waals surface area contributed by atoms with E-state index in [1.807, 2.05) is 6.92 Å². The predicted molar refractivity (Wildman–Crippen MR) is 79.7 cm³/mol. The quantitative estimate of drug-likeness (QED) is 0.898. The normalized spacial score (nSPS) is 11.6. The third kappa shape index (κ3) is 4.05. The number of halogens is 3. The minimum absolute atomic E-state index is 0.00759. The molecule has 0 saturated heterocycles. The van der Waals surface area contributed by atoms with Gasteiger partial charge in [0.05, 0.1) is 6.54 Å². The minimum atomic E-state index is -4.51. The lowest BCUT2D eigenvalue weighted by Gasteiger charge is -2.13. The van der Waals surface area contributed by atoms with Crippen molar-refractivity contribution in [2.75, 3.05) is 11.1 Å². The van der Waals surface area contributed by atoms with Crippen molar-refractivity contribution in [3.8, 4) is 0 Å². The Kier molecular flexibility index (Phi) is 4.67. The first kappa shape index (κ1) is 16.9. The molecule has 0 atom stereocenters. The number of nitrogen functional groups attached to an aromatic ring is 1. The number of aromatic nitrogens is 4. The van der Waals surface area contributed by atoms with Crippen LogP contribution in [0.2, 0.25) is 0 Å². The van der Waals surface area contributed by atoms with Gasteiger partial charge in [-0.25, -0.2) is 15.0 Å². The molecule has 0 aliphatic rings. The van der Waals surface area contributed by atoms with Crippen LogP contribution in [0.15, 0.2) is 6.07 Å². The Morgan fingerprint density at radius 3 is 2.43 bits per heavy atom. The van der Waals surface area contributed by atoms with Crippen LogP contribution in [0.3, 0.4) is 0 Å². The SMILES string of the molecule is CCc1c(C)nc(N)nc1NCc1nc(C)cc(C(F)(F)F)n1. The molecule has 0 unspecified atom stereocenters. The molecule has 23 heavy (non-hydrogen) atoms. The van der Waals surface area contributed by atoms with Crippen molar-refractivity contribution < 1.29 is 13.2 Å². The van der Waals surface area contributed by atoms with Crippen molar-refractivity contribution in [3.05, 3.63) is 34.5 Å². The van der Waals surface area contributed by atoms with E-state index in [4.69, 9.17) is 5.73 Å². The van der Waals surface area contributed by atoms with Gasteiger partial charge in [-0.2, -0.15) is 18.2 Å². The van der Waals surface area contributed by atoms with E-state index in [0.29, 0.717) is 12.2 Å². The monoisotopic (exact) mass is 326 g/mol. The molecule has 6 nitrogen and oxygen atoms in total. The Hall–Kier alpha value is -2.45. The second-order valence-corrected chi connectivity index (χ2v) is 5.01. The van der Waals surface area contributed by atoms with E-state index in [0.717, 1.165) is 17.3 Å². The molecular formula is C14H17F3N6. The highest BCUT2D eigenvalue weighted by Crippen LogP contribution is 2.28. The lowest BCUT2D eigenvalue weighted by molar-refractivity contribution is -0.141. The Labute approximate surface area is 131 Å². The Bertz CT molecular complexity index is 714. The second-order valence-electron chi connectivity index (χ2n) is 5.01. The Morgan fingerprint density at radius 2 is 1.83 bits per heavy atom. The summed E-state index contributed by atoms with van der Waals surface area (Å²) in [6, 6.07) is 0.911. The van der Waals surface area contributed by atoms with Crippen LogP contribution in [0.5, 0.6) is 0 Å².